The fourth-order valence-electron chi connectivity index (χ4n) is 7.59. The van der Waals surface area contributed by atoms with Gasteiger partial charge in [-0.2, -0.15) is 0 Å². The third-order valence-corrected chi connectivity index (χ3v) is 9.32. The van der Waals surface area contributed by atoms with Crippen LogP contribution < -0.4 is 9.31 Å². The van der Waals surface area contributed by atoms with Crippen molar-refractivity contribution in [2.45, 2.75) is 0 Å². The minimum Gasteiger partial charge on any atom is -0.528 e. The second-order valence-corrected chi connectivity index (χ2v) is 11.6. The van der Waals surface area contributed by atoms with Gasteiger partial charge in [0.15, 0.2) is 0 Å². The maximum atomic E-state index is 6.32. The third-order valence-electron chi connectivity index (χ3n) is 9.32. The summed E-state index contributed by atoms with van der Waals surface area (Å²) in [5.74, 6) is 1.61. The molecule has 10 aromatic rings. The van der Waals surface area contributed by atoms with Gasteiger partial charge in [-0.25, -0.2) is 0 Å². The molecule has 0 unspecified atom stereocenters. The van der Waals surface area contributed by atoms with E-state index >= 15 is 0 Å². The van der Waals surface area contributed by atoms with Crippen LogP contribution in [0.1, 0.15) is 0 Å². The molecule has 0 heterocycles. The average Bonchev–Trinajstić information content (AvgIpc) is 3.05. The van der Waals surface area contributed by atoms with E-state index in [9.17, 15) is 0 Å². The van der Waals surface area contributed by atoms with Gasteiger partial charge in [-0.1, -0.05) is 109 Å². The number of hydrogen-bond acceptors (Lipinski definition) is 2. The van der Waals surface area contributed by atoms with Crippen molar-refractivity contribution in [1.29, 1.82) is 0 Å². The van der Waals surface area contributed by atoms with Crippen molar-refractivity contribution in [1.82, 2.24) is 0 Å². The molecular formula is C40H23BO2. The molecule has 0 spiro atoms. The number of rotatable bonds is 4. The van der Waals surface area contributed by atoms with Gasteiger partial charge in [0.1, 0.15) is 11.5 Å². The van der Waals surface area contributed by atoms with Gasteiger partial charge in [0, 0.05) is 0 Å². The molecule has 10 rings (SSSR count). The summed E-state index contributed by atoms with van der Waals surface area (Å²) in [7, 11) is 0.122. The average molecular weight is 546 g/mol. The maximum absolute atomic E-state index is 6.32. The van der Waals surface area contributed by atoms with Crippen LogP contribution in [0.15, 0.2) is 133 Å². The Bertz CT molecular complexity index is 2510. The highest BCUT2D eigenvalue weighted by Gasteiger charge is 2.16. The molecule has 43 heavy (non-hydrogen) atoms. The fourth-order valence-corrected chi connectivity index (χ4v) is 7.59. The van der Waals surface area contributed by atoms with Crippen LogP contribution in [-0.2, 0) is 0 Å². The molecule has 10 aromatic carbocycles. The van der Waals surface area contributed by atoms with Crippen molar-refractivity contribution in [2.24, 2.45) is 0 Å². The van der Waals surface area contributed by atoms with Crippen molar-refractivity contribution in [3.8, 4) is 11.5 Å². The zero-order chi connectivity index (χ0) is 28.1. The van der Waals surface area contributed by atoms with Crippen LogP contribution in [0.3, 0.4) is 0 Å². The number of fused-ring (bicyclic) bond motifs is 4. The van der Waals surface area contributed by atoms with E-state index < -0.39 is 0 Å². The minimum atomic E-state index is 0.122. The quantitative estimate of drug-likeness (QED) is 0.124. The molecule has 0 saturated heterocycles. The lowest BCUT2D eigenvalue weighted by atomic mass is 9.89. The summed E-state index contributed by atoms with van der Waals surface area (Å²) in [5.41, 5.74) is 0. The first-order chi connectivity index (χ1) is 21.3. The third kappa shape index (κ3) is 3.19. The molecule has 0 aliphatic rings. The van der Waals surface area contributed by atoms with Crippen LogP contribution in [-0.4, -0.2) is 7.69 Å². The van der Waals surface area contributed by atoms with Gasteiger partial charge in [0.05, 0.1) is 0 Å². The Morgan fingerprint density at radius 1 is 0.302 bits per heavy atom. The summed E-state index contributed by atoms with van der Waals surface area (Å²) < 4.78 is 12.6. The standard InChI is InChI=1S/C40H23BO2/c1-7-23-9-3-17-33-35-21-27(19-25-11-5-15-31(39(25)35)29(13-1)37(23)33)42-41-43-28-20-26-12-6-16-32-30-14-2-8-24-10-4-18-34(38(24)30)36(22-28)40(26)32/h1-22,41H. The highest BCUT2D eigenvalue weighted by Crippen LogP contribution is 2.43. The van der Waals surface area contributed by atoms with Crippen molar-refractivity contribution in [2.75, 3.05) is 0 Å². The Morgan fingerprint density at radius 2 is 0.605 bits per heavy atom. The van der Waals surface area contributed by atoms with Crippen LogP contribution >= 0.6 is 0 Å². The summed E-state index contributed by atoms with van der Waals surface area (Å²) in [4.78, 5) is 0. The lowest BCUT2D eigenvalue weighted by molar-refractivity contribution is 0.460. The van der Waals surface area contributed by atoms with E-state index in [1.54, 1.807) is 0 Å². The summed E-state index contributed by atoms with van der Waals surface area (Å²) in [6, 6.07) is 48.0. The molecule has 0 aliphatic heterocycles. The van der Waals surface area contributed by atoms with E-state index in [1.807, 2.05) is 0 Å². The Morgan fingerprint density at radius 3 is 0.977 bits per heavy atom. The molecule has 198 valence electrons. The second-order valence-electron chi connectivity index (χ2n) is 11.6. The Balaban J connectivity index is 1.08. The first-order valence-electron chi connectivity index (χ1n) is 14.8. The highest BCUT2D eigenvalue weighted by molar-refractivity contribution is 6.34. The van der Waals surface area contributed by atoms with Crippen LogP contribution in [0.2, 0.25) is 0 Å². The first-order valence-corrected chi connectivity index (χ1v) is 14.8. The Labute approximate surface area is 247 Å². The van der Waals surface area contributed by atoms with Crippen molar-refractivity contribution >= 4 is 93.9 Å². The molecule has 0 N–H and O–H groups in total. The van der Waals surface area contributed by atoms with E-state index in [2.05, 4.69) is 133 Å². The number of hydrogen-bond donors (Lipinski definition) is 0. The van der Waals surface area contributed by atoms with Gasteiger partial charge in [0.25, 0.3) is 0 Å². The Kier molecular flexibility index (Phi) is 4.56. The van der Waals surface area contributed by atoms with Gasteiger partial charge in [0.2, 0.25) is 0 Å². The van der Waals surface area contributed by atoms with E-state index in [0.717, 1.165) is 11.5 Å². The molecular weight excluding hydrogens is 523 g/mol. The summed E-state index contributed by atoms with van der Waals surface area (Å²) in [6.45, 7) is 0. The first kappa shape index (κ1) is 23.1. The van der Waals surface area contributed by atoms with Gasteiger partial charge in [-0.05, 0) is 110 Å². The monoisotopic (exact) mass is 546 g/mol. The smallest absolute Gasteiger partial charge is 0.528 e. The van der Waals surface area contributed by atoms with Crippen LogP contribution in [0.5, 0.6) is 11.5 Å². The topological polar surface area (TPSA) is 18.5 Å². The lowest BCUT2D eigenvalue weighted by Gasteiger charge is -2.17. The summed E-state index contributed by atoms with van der Waals surface area (Å²) in [6.07, 6.45) is 0. The molecule has 0 saturated carbocycles. The molecule has 0 amide bonds. The summed E-state index contributed by atoms with van der Waals surface area (Å²) >= 11 is 0. The molecule has 0 radical (unpaired) electrons. The maximum Gasteiger partial charge on any atom is 0.576 e. The van der Waals surface area contributed by atoms with Gasteiger partial charge < -0.3 is 9.31 Å². The highest BCUT2D eigenvalue weighted by atomic mass is 16.6. The van der Waals surface area contributed by atoms with Crippen molar-refractivity contribution in [3.05, 3.63) is 133 Å². The molecule has 0 atom stereocenters. The second kappa shape index (κ2) is 8.50. The van der Waals surface area contributed by atoms with Gasteiger partial charge in [-0.15, -0.1) is 0 Å². The molecule has 0 bridgehead atoms. The van der Waals surface area contributed by atoms with Crippen molar-refractivity contribution in [3.63, 3.8) is 0 Å². The van der Waals surface area contributed by atoms with Crippen molar-refractivity contribution < 1.29 is 9.31 Å². The molecule has 0 fully saturated rings. The molecule has 2 nitrogen and oxygen atoms in total. The van der Waals surface area contributed by atoms with E-state index in [-0.39, 0.29) is 7.69 Å². The van der Waals surface area contributed by atoms with Gasteiger partial charge in [-0.3, -0.25) is 0 Å². The molecule has 0 aromatic heterocycles. The van der Waals surface area contributed by atoms with Gasteiger partial charge >= 0.3 is 7.69 Å². The lowest BCUT2D eigenvalue weighted by Crippen LogP contribution is -2.11. The number of benzene rings is 10. The molecule has 3 heteroatoms. The largest absolute Gasteiger partial charge is 0.576 e. The zero-order valence-corrected chi connectivity index (χ0v) is 23.2. The van der Waals surface area contributed by atoms with E-state index in [1.165, 1.54) is 86.2 Å². The summed E-state index contributed by atoms with van der Waals surface area (Å²) in [5, 5.41) is 20.1. The SMILES string of the molecule is B(Oc1cc2cccc3c4cccc5cccc(c(c1)c23)c54)Oc1cc2cccc3c4cccc5cccc(c(c1)c23)c54. The normalized spacial score (nSPS) is 12.2. The van der Waals surface area contributed by atoms with E-state index in [4.69, 9.17) is 9.31 Å². The molecule has 0 aliphatic carbocycles. The Hall–Kier alpha value is -5.54. The predicted octanol–water partition coefficient (Wildman–Crippen LogP) is 10.5. The van der Waals surface area contributed by atoms with Crippen LogP contribution in [0.4, 0.5) is 0 Å². The fraction of sp³-hybridized carbons (Fsp3) is 0. The van der Waals surface area contributed by atoms with Crippen LogP contribution in [0.25, 0.3) is 86.2 Å². The minimum absolute atomic E-state index is 0.122. The predicted molar refractivity (Wildman–Crippen MR) is 184 cm³/mol. The van der Waals surface area contributed by atoms with Crippen LogP contribution in [0, 0.1) is 0 Å². The van der Waals surface area contributed by atoms with E-state index in [0.29, 0.717) is 0 Å². The zero-order valence-electron chi connectivity index (χ0n) is 23.2.